The van der Waals surface area contributed by atoms with Crippen LogP contribution in [0.3, 0.4) is 0 Å². The Morgan fingerprint density at radius 2 is 0.341 bits per heavy atom. The van der Waals surface area contributed by atoms with E-state index in [4.69, 9.17) is 0 Å². The molecular formula is C32H56DyN8. The quantitative estimate of drug-likeness (QED) is 0.194. The first-order valence-electron chi connectivity index (χ1n) is 17.9. The van der Waals surface area contributed by atoms with Gasteiger partial charge >= 0.3 is 0 Å². The van der Waals surface area contributed by atoms with Crippen molar-refractivity contribution in [3.05, 3.63) is 0 Å². The summed E-state index contributed by atoms with van der Waals surface area (Å²) in [4.78, 5) is 0. The van der Waals surface area contributed by atoms with Crippen LogP contribution in [0.1, 0.15) is 103 Å². The first kappa shape index (κ1) is 29.4. The molecule has 8 N–H and O–H groups in total. The zero-order chi connectivity index (χ0) is 26.2. The molecule has 8 unspecified atom stereocenters. The van der Waals surface area contributed by atoms with Crippen molar-refractivity contribution < 1.29 is 38.2 Å². The van der Waals surface area contributed by atoms with Gasteiger partial charge in [-0.15, -0.1) is 0 Å². The number of rotatable bonds is 0. The van der Waals surface area contributed by atoms with Gasteiger partial charge in [-0.3, -0.25) is 42.5 Å². The van der Waals surface area contributed by atoms with Crippen LogP contribution in [0.15, 0.2) is 0 Å². The molecule has 0 amide bonds. The standard InChI is InChI=1S/C32H56N8.Dy/c1-2-10-18-17(9-1)25-33-26(18)38-28-21-13-5-6-14-22(21)30(35-28)40-32-24-16-8-7-15-23(24)31(36-32)39-29-20-12-4-3-11-19(20)27(34-29)37-25;/h17-40H,1-16H2;. The van der Waals surface area contributed by atoms with E-state index in [9.17, 15) is 0 Å². The van der Waals surface area contributed by atoms with E-state index in [0.29, 0.717) is 49.3 Å². The van der Waals surface area contributed by atoms with E-state index in [1.165, 1.54) is 103 Å². The van der Waals surface area contributed by atoms with E-state index >= 15 is 0 Å². The van der Waals surface area contributed by atoms with E-state index in [-0.39, 0.29) is 38.2 Å². The van der Waals surface area contributed by atoms with Crippen LogP contribution in [0.4, 0.5) is 0 Å². The van der Waals surface area contributed by atoms with Crippen molar-refractivity contribution in [1.82, 2.24) is 42.5 Å². The van der Waals surface area contributed by atoms with E-state index < -0.39 is 0 Å². The number of fused-ring (bicyclic) bond motifs is 20. The molecule has 234 valence electrons. The van der Waals surface area contributed by atoms with Crippen molar-refractivity contribution in [2.45, 2.75) is 152 Å². The summed E-state index contributed by atoms with van der Waals surface area (Å²) < 4.78 is 0. The minimum absolute atomic E-state index is 0. The molecule has 9 aliphatic rings. The molecule has 5 heterocycles. The molecular weight excluding hydrogens is 659 g/mol. The van der Waals surface area contributed by atoms with E-state index in [2.05, 4.69) is 42.5 Å². The minimum atomic E-state index is 0. The van der Waals surface area contributed by atoms with Gasteiger partial charge in [-0.1, -0.05) is 51.4 Å². The zero-order valence-electron chi connectivity index (χ0n) is 24.9. The third-order valence-electron chi connectivity index (χ3n) is 13.8. The first-order chi connectivity index (χ1) is 19.8. The predicted octanol–water partition coefficient (Wildman–Crippen LogP) is 2.61. The summed E-state index contributed by atoms with van der Waals surface area (Å²) in [7, 11) is 0. The molecule has 9 heteroatoms. The largest absolute Gasteiger partial charge is 0.286 e. The normalized spacial score (nSPS) is 56.2. The Balaban J connectivity index is 0.00000256. The van der Waals surface area contributed by atoms with Crippen LogP contribution < -0.4 is 42.5 Å². The van der Waals surface area contributed by atoms with Gasteiger partial charge in [-0.25, -0.2) is 0 Å². The fourth-order valence-electron chi connectivity index (χ4n) is 12.0. The maximum absolute atomic E-state index is 4.26. The van der Waals surface area contributed by atoms with Gasteiger partial charge in [0.25, 0.3) is 0 Å². The van der Waals surface area contributed by atoms with Gasteiger partial charge in [-0.2, -0.15) is 0 Å². The molecule has 0 aromatic heterocycles. The first-order valence-corrected chi connectivity index (χ1v) is 17.9. The average molecular weight is 715 g/mol. The third-order valence-corrected chi connectivity index (χ3v) is 13.8. The number of hydrogen-bond acceptors (Lipinski definition) is 8. The van der Waals surface area contributed by atoms with Crippen LogP contribution in [0.2, 0.25) is 0 Å². The minimum Gasteiger partial charge on any atom is -0.286 e. The van der Waals surface area contributed by atoms with Crippen LogP contribution in [-0.2, 0) is 0 Å². The maximum atomic E-state index is 4.26. The smallest absolute Gasteiger partial charge is 0.0628 e. The second-order valence-electron chi connectivity index (χ2n) is 15.6. The van der Waals surface area contributed by atoms with Crippen molar-refractivity contribution in [2.24, 2.45) is 47.3 Å². The van der Waals surface area contributed by atoms with Gasteiger partial charge in [0.05, 0.1) is 49.3 Å². The summed E-state index contributed by atoms with van der Waals surface area (Å²) >= 11 is 0. The summed E-state index contributed by atoms with van der Waals surface area (Å²) in [5, 5.41) is 33.8. The van der Waals surface area contributed by atoms with Gasteiger partial charge in [0.1, 0.15) is 0 Å². The zero-order valence-corrected chi connectivity index (χ0v) is 26.9. The SMILES string of the molecule is C1CCC2C3NC(NC4NC(NC5NC(NC6NC(N3)C3CCCCC63)C3CCCCC53)C3CCCCC43)C2C1.[Dy]. The summed E-state index contributed by atoms with van der Waals surface area (Å²) in [6, 6.07) is 0. The Morgan fingerprint density at radius 3 is 0.463 bits per heavy atom. The van der Waals surface area contributed by atoms with Crippen molar-refractivity contribution in [3.8, 4) is 0 Å². The summed E-state index contributed by atoms with van der Waals surface area (Å²) in [5.74, 6) is 5.97. The second-order valence-corrected chi connectivity index (χ2v) is 15.6. The fourth-order valence-corrected chi connectivity index (χ4v) is 12.0. The molecule has 8 bridgehead atoms. The molecule has 0 radical (unpaired) electrons. The predicted molar refractivity (Wildman–Crippen MR) is 157 cm³/mol. The monoisotopic (exact) mass is 716 g/mol. The van der Waals surface area contributed by atoms with Crippen LogP contribution in [0.25, 0.3) is 0 Å². The Morgan fingerprint density at radius 1 is 0.220 bits per heavy atom. The summed E-state index contributed by atoms with van der Waals surface area (Å²) in [6.07, 6.45) is 25.6. The van der Waals surface area contributed by atoms with Crippen molar-refractivity contribution in [3.63, 3.8) is 0 Å². The van der Waals surface area contributed by atoms with Crippen molar-refractivity contribution in [2.75, 3.05) is 0 Å². The molecule has 5 saturated heterocycles. The fraction of sp³-hybridized carbons (Fsp3) is 1.00. The van der Waals surface area contributed by atoms with E-state index in [1.807, 2.05) is 0 Å². The Bertz CT molecular complexity index is 716. The molecule has 41 heavy (non-hydrogen) atoms. The molecule has 5 aliphatic heterocycles. The molecule has 0 aromatic rings. The van der Waals surface area contributed by atoms with E-state index in [0.717, 1.165) is 47.3 Å². The van der Waals surface area contributed by atoms with Crippen LogP contribution >= 0.6 is 0 Å². The summed E-state index contributed by atoms with van der Waals surface area (Å²) in [6.45, 7) is 0. The average Bonchev–Trinajstić information content (AvgIpc) is 3.73. The van der Waals surface area contributed by atoms with E-state index in [1.54, 1.807) is 0 Å². The van der Waals surface area contributed by atoms with Crippen LogP contribution in [0, 0.1) is 85.5 Å². The molecule has 0 aromatic carbocycles. The third kappa shape index (κ3) is 5.23. The molecule has 0 spiro atoms. The maximum Gasteiger partial charge on any atom is 0.0628 e. The Kier molecular flexibility index (Phi) is 8.80. The molecule has 8 atom stereocenters. The Labute approximate surface area is 278 Å². The van der Waals surface area contributed by atoms with Crippen molar-refractivity contribution in [1.29, 1.82) is 0 Å². The molecule has 4 aliphatic carbocycles. The molecule has 9 fully saturated rings. The Hall–Kier alpha value is 0.953. The number of hydrogen-bond donors (Lipinski definition) is 8. The van der Waals surface area contributed by atoms with Crippen LogP contribution in [-0.4, -0.2) is 49.3 Å². The molecule has 8 nitrogen and oxygen atoms in total. The second kappa shape index (κ2) is 12.3. The van der Waals surface area contributed by atoms with Gasteiger partial charge in [0, 0.05) is 38.2 Å². The van der Waals surface area contributed by atoms with Crippen molar-refractivity contribution >= 4 is 0 Å². The number of nitrogens with one attached hydrogen (secondary N) is 8. The van der Waals surface area contributed by atoms with Gasteiger partial charge in [0.2, 0.25) is 0 Å². The van der Waals surface area contributed by atoms with Crippen LogP contribution in [0.5, 0.6) is 0 Å². The summed E-state index contributed by atoms with van der Waals surface area (Å²) in [5.41, 5.74) is 0. The molecule has 9 rings (SSSR count). The van der Waals surface area contributed by atoms with Gasteiger partial charge in [-0.05, 0) is 98.7 Å². The van der Waals surface area contributed by atoms with Gasteiger partial charge < -0.3 is 0 Å². The molecule has 4 saturated carbocycles. The van der Waals surface area contributed by atoms with Gasteiger partial charge in [0.15, 0.2) is 0 Å². The topological polar surface area (TPSA) is 96.2 Å².